The fourth-order valence-electron chi connectivity index (χ4n) is 3.03. The molecule has 0 fully saturated rings. The van der Waals surface area contributed by atoms with Gasteiger partial charge in [-0.1, -0.05) is 30.3 Å². The van der Waals surface area contributed by atoms with E-state index >= 15 is 0 Å². The Balaban J connectivity index is 1.67. The average Bonchev–Trinajstić information content (AvgIpc) is 3.04. The molecule has 0 radical (unpaired) electrons. The molecule has 0 saturated carbocycles. The van der Waals surface area contributed by atoms with Crippen LogP contribution in [0.15, 0.2) is 53.4 Å². The number of para-hydroxylation sites is 1. The minimum Gasteiger partial charge on any atom is -0.304 e. The van der Waals surface area contributed by atoms with Gasteiger partial charge in [0, 0.05) is 23.1 Å². The Bertz CT molecular complexity index is 756. The van der Waals surface area contributed by atoms with Gasteiger partial charge in [0.2, 0.25) is 0 Å². The summed E-state index contributed by atoms with van der Waals surface area (Å²) in [6.07, 6.45) is 0. The molecule has 2 heterocycles. The zero-order chi connectivity index (χ0) is 14.4. The van der Waals surface area contributed by atoms with Crippen LogP contribution >= 0.6 is 11.8 Å². The topological polar surface area (TPSA) is 37.4 Å². The third-order valence-corrected chi connectivity index (χ3v) is 5.33. The van der Waals surface area contributed by atoms with E-state index in [1.165, 1.54) is 10.5 Å². The van der Waals surface area contributed by atoms with Gasteiger partial charge in [-0.15, -0.1) is 11.8 Å². The number of hydrogen-bond donors (Lipinski definition) is 0. The monoisotopic (exact) mass is 295 g/mol. The number of benzene rings is 2. The van der Waals surface area contributed by atoms with Crippen molar-refractivity contribution in [3.05, 3.63) is 59.7 Å². The van der Waals surface area contributed by atoms with Gasteiger partial charge in [-0.2, -0.15) is 0 Å². The Morgan fingerprint density at radius 2 is 1.81 bits per heavy atom. The third kappa shape index (κ3) is 1.90. The summed E-state index contributed by atoms with van der Waals surface area (Å²) in [6, 6.07) is 15.6. The smallest absolute Gasteiger partial charge is 0.299 e. The van der Waals surface area contributed by atoms with Gasteiger partial charge in [0.25, 0.3) is 11.7 Å². The van der Waals surface area contributed by atoms with Gasteiger partial charge in [-0.3, -0.25) is 9.59 Å². The number of thioether (sulfide) groups is 1. The van der Waals surface area contributed by atoms with Crippen LogP contribution in [0.4, 0.5) is 5.69 Å². The SMILES string of the molecule is O=C1C(=O)N(CC2CSc3ccccc32)c2ccccc21. The van der Waals surface area contributed by atoms with Crippen molar-refractivity contribution in [2.24, 2.45) is 0 Å². The zero-order valence-corrected chi connectivity index (χ0v) is 12.1. The number of ketones is 1. The van der Waals surface area contributed by atoms with Crippen molar-refractivity contribution in [3.8, 4) is 0 Å². The van der Waals surface area contributed by atoms with E-state index in [4.69, 9.17) is 0 Å². The molecule has 3 nitrogen and oxygen atoms in total. The molecule has 1 unspecified atom stereocenters. The fourth-order valence-corrected chi connectivity index (χ4v) is 4.27. The Morgan fingerprint density at radius 1 is 1.05 bits per heavy atom. The Kier molecular flexibility index (Phi) is 2.86. The molecular formula is C17H13NO2S. The number of amides is 1. The van der Waals surface area contributed by atoms with E-state index in [-0.39, 0.29) is 11.7 Å². The number of carbonyl (C=O) groups is 2. The van der Waals surface area contributed by atoms with Gasteiger partial charge in [0.1, 0.15) is 0 Å². The van der Waals surface area contributed by atoms with Gasteiger partial charge >= 0.3 is 0 Å². The molecule has 0 saturated heterocycles. The lowest BCUT2D eigenvalue weighted by Gasteiger charge is -2.21. The van der Waals surface area contributed by atoms with E-state index in [0.717, 1.165) is 11.4 Å². The Labute approximate surface area is 127 Å². The highest BCUT2D eigenvalue weighted by molar-refractivity contribution is 7.99. The van der Waals surface area contributed by atoms with E-state index in [0.29, 0.717) is 12.1 Å². The first kappa shape index (κ1) is 12.7. The molecule has 0 aliphatic carbocycles. The number of carbonyl (C=O) groups excluding carboxylic acids is 2. The molecule has 2 aromatic carbocycles. The maximum atomic E-state index is 12.2. The largest absolute Gasteiger partial charge is 0.304 e. The van der Waals surface area contributed by atoms with Crippen LogP contribution in [0, 0.1) is 0 Å². The lowest BCUT2D eigenvalue weighted by Crippen LogP contribution is -2.33. The molecule has 2 aliphatic heterocycles. The van der Waals surface area contributed by atoms with Crippen molar-refractivity contribution in [2.45, 2.75) is 10.8 Å². The van der Waals surface area contributed by atoms with E-state index < -0.39 is 5.91 Å². The first-order valence-corrected chi connectivity index (χ1v) is 7.91. The number of hydrogen-bond acceptors (Lipinski definition) is 3. The summed E-state index contributed by atoms with van der Waals surface area (Å²) in [4.78, 5) is 27.2. The molecule has 0 N–H and O–H groups in total. The quantitative estimate of drug-likeness (QED) is 0.799. The molecule has 104 valence electrons. The fraction of sp³-hybridized carbons (Fsp3) is 0.176. The molecule has 2 aliphatic rings. The van der Waals surface area contributed by atoms with Gasteiger partial charge in [0.15, 0.2) is 0 Å². The molecule has 1 amide bonds. The predicted molar refractivity (Wildman–Crippen MR) is 83.0 cm³/mol. The van der Waals surface area contributed by atoms with Crippen LogP contribution in [0.2, 0.25) is 0 Å². The molecule has 4 heteroatoms. The molecule has 4 rings (SSSR count). The summed E-state index contributed by atoms with van der Waals surface area (Å²) in [6.45, 7) is 0.575. The molecule has 0 spiro atoms. The summed E-state index contributed by atoms with van der Waals surface area (Å²) in [5, 5.41) is 0. The Hall–Kier alpha value is -2.07. The summed E-state index contributed by atoms with van der Waals surface area (Å²) in [7, 11) is 0. The van der Waals surface area contributed by atoms with E-state index in [1.807, 2.05) is 36.0 Å². The second-order valence-corrected chi connectivity index (χ2v) is 6.37. The number of nitrogens with zero attached hydrogens (tertiary/aromatic N) is 1. The number of fused-ring (bicyclic) bond motifs is 2. The minimum atomic E-state index is -0.398. The second-order valence-electron chi connectivity index (χ2n) is 5.31. The number of rotatable bonds is 2. The molecule has 21 heavy (non-hydrogen) atoms. The summed E-state index contributed by atoms with van der Waals surface area (Å²) in [5.41, 5.74) is 2.57. The lowest BCUT2D eigenvalue weighted by molar-refractivity contribution is -0.114. The normalized spacial score (nSPS) is 19.8. The first-order chi connectivity index (χ1) is 10.3. The standard InChI is InChI=1S/C17H13NO2S/c19-16-13-6-1-3-7-14(13)18(17(16)20)9-11-10-21-15-8-4-2-5-12(11)15/h1-8,11H,9-10H2. The van der Waals surface area contributed by atoms with Crippen LogP contribution in [0.3, 0.4) is 0 Å². The van der Waals surface area contributed by atoms with Gasteiger partial charge in [-0.05, 0) is 23.8 Å². The van der Waals surface area contributed by atoms with Gasteiger partial charge < -0.3 is 4.90 Å². The van der Waals surface area contributed by atoms with Crippen molar-refractivity contribution in [1.29, 1.82) is 0 Å². The summed E-state index contributed by atoms with van der Waals surface area (Å²) >= 11 is 1.82. The van der Waals surface area contributed by atoms with Crippen molar-refractivity contribution in [1.82, 2.24) is 0 Å². The Morgan fingerprint density at radius 3 is 2.71 bits per heavy atom. The van der Waals surface area contributed by atoms with E-state index in [2.05, 4.69) is 12.1 Å². The van der Waals surface area contributed by atoms with Crippen LogP contribution in [0.5, 0.6) is 0 Å². The first-order valence-electron chi connectivity index (χ1n) is 6.92. The highest BCUT2D eigenvalue weighted by Gasteiger charge is 2.37. The van der Waals surface area contributed by atoms with Crippen molar-refractivity contribution < 1.29 is 9.59 Å². The molecule has 0 bridgehead atoms. The maximum absolute atomic E-state index is 12.2. The summed E-state index contributed by atoms with van der Waals surface area (Å²) in [5.74, 6) is 0.462. The van der Waals surface area contributed by atoms with E-state index in [9.17, 15) is 9.59 Å². The van der Waals surface area contributed by atoms with Crippen LogP contribution < -0.4 is 4.90 Å². The van der Waals surface area contributed by atoms with Crippen LogP contribution in [-0.2, 0) is 4.79 Å². The molecule has 0 aromatic heterocycles. The summed E-state index contributed by atoms with van der Waals surface area (Å²) < 4.78 is 0. The highest BCUT2D eigenvalue weighted by atomic mass is 32.2. The molecule has 2 aromatic rings. The minimum absolute atomic E-state index is 0.286. The predicted octanol–water partition coefficient (Wildman–Crippen LogP) is 3.11. The van der Waals surface area contributed by atoms with Crippen molar-refractivity contribution in [3.63, 3.8) is 0 Å². The highest BCUT2D eigenvalue weighted by Crippen LogP contribution is 2.41. The second kappa shape index (κ2) is 4.74. The number of Topliss-reactive ketones (excluding diaryl/α,β-unsaturated/α-hetero) is 1. The van der Waals surface area contributed by atoms with Crippen molar-refractivity contribution >= 4 is 29.1 Å². The lowest BCUT2D eigenvalue weighted by atomic mass is 10.0. The zero-order valence-electron chi connectivity index (χ0n) is 11.3. The van der Waals surface area contributed by atoms with Crippen LogP contribution in [0.25, 0.3) is 0 Å². The maximum Gasteiger partial charge on any atom is 0.299 e. The van der Waals surface area contributed by atoms with Crippen LogP contribution in [-0.4, -0.2) is 24.0 Å². The number of anilines is 1. The van der Waals surface area contributed by atoms with Crippen molar-refractivity contribution in [2.75, 3.05) is 17.2 Å². The van der Waals surface area contributed by atoms with E-state index in [1.54, 1.807) is 17.0 Å². The van der Waals surface area contributed by atoms with Gasteiger partial charge in [0.05, 0.1) is 11.3 Å². The van der Waals surface area contributed by atoms with Crippen LogP contribution in [0.1, 0.15) is 21.8 Å². The molecule has 1 atom stereocenters. The average molecular weight is 295 g/mol. The molecular weight excluding hydrogens is 282 g/mol. The third-order valence-electron chi connectivity index (χ3n) is 4.08. The van der Waals surface area contributed by atoms with Gasteiger partial charge in [-0.25, -0.2) is 0 Å².